The number of hydrogen-bond donors (Lipinski definition) is 2. The molecule has 1 atom stereocenters. The van der Waals surface area contributed by atoms with Crippen molar-refractivity contribution < 1.29 is 14.0 Å². The Morgan fingerprint density at radius 2 is 1.89 bits per heavy atom. The van der Waals surface area contributed by atoms with Gasteiger partial charge < -0.3 is 20.1 Å². The zero-order valence-corrected chi connectivity index (χ0v) is 20.7. The molecule has 8 nitrogen and oxygen atoms in total. The molecule has 1 aliphatic heterocycles. The van der Waals surface area contributed by atoms with E-state index in [-0.39, 0.29) is 18.1 Å². The number of pyridine rings is 1. The highest BCUT2D eigenvalue weighted by molar-refractivity contribution is 6.30. The number of nitrogens with zero attached hydrogens (tertiary/aromatic N) is 4. The molecule has 0 aliphatic carbocycles. The Morgan fingerprint density at radius 3 is 2.57 bits per heavy atom. The largest absolute Gasteiger partial charge is 0.349 e. The Kier molecular flexibility index (Phi) is 8.00. The van der Waals surface area contributed by atoms with Gasteiger partial charge in [-0.2, -0.15) is 0 Å². The summed E-state index contributed by atoms with van der Waals surface area (Å²) in [5, 5.41) is 3.98. The van der Waals surface area contributed by atoms with Crippen LogP contribution in [0.1, 0.15) is 16.1 Å². The Balaban J connectivity index is 1.47. The number of carbonyl (C=O) groups excluding carboxylic acids is 2. The smallest absolute Gasteiger partial charge is 0.268 e. The zero-order chi connectivity index (χ0) is 24.9. The Bertz CT molecular complexity index is 1170. The third kappa shape index (κ3) is 6.56. The quantitative estimate of drug-likeness (QED) is 0.464. The first-order valence-electron chi connectivity index (χ1n) is 11.6. The minimum atomic E-state index is -0.783. The normalized spacial score (nSPS) is 15.5. The molecule has 4 rings (SSSR count). The summed E-state index contributed by atoms with van der Waals surface area (Å²) in [5.74, 6) is -0.891. The molecule has 1 aromatic carbocycles. The maximum Gasteiger partial charge on any atom is 0.268 e. The first kappa shape index (κ1) is 25.1. The number of fused-ring (bicyclic) bond motifs is 1. The second-order valence-corrected chi connectivity index (χ2v) is 9.49. The van der Waals surface area contributed by atoms with E-state index >= 15 is 0 Å². The molecule has 1 aliphatic rings. The van der Waals surface area contributed by atoms with Crippen LogP contribution in [0.15, 0.2) is 42.6 Å². The number of piperazine rings is 1. The third-order valence-corrected chi connectivity index (χ3v) is 6.43. The van der Waals surface area contributed by atoms with Crippen molar-refractivity contribution in [1.82, 2.24) is 30.0 Å². The van der Waals surface area contributed by atoms with Crippen molar-refractivity contribution in [2.75, 3.05) is 53.4 Å². The van der Waals surface area contributed by atoms with Gasteiger partial charge in [-0.15, -0.1) is 0 Å². The molecule has 35 heavy (non-hydrogen) atoms. The van der Waals surface area contributed by atoms with Crippen molar-refractivity contribution in [2.45, 2.75) is 12.5 Å². The van der Waals surface area contributed by atoms with Gasteiger partial charge in [0.25, 0.3) is 5.91 Å². The Hall–Kier alpha value is -3.01. The van der Waals surface area contributed by atoms with E-state index in [1.54, 1.807) is 35.4 Å². The number of nitrogens with one attached hydrogen (secondary N) is 2. The van der Waals surface area contributed by atoms with Crippen LogP contribution >= 0.6 is 11.6 Å². The van der Waals surface area contributed by atoms with Crippen LogP contribution in [0.4, 0.5) is 4.39 Å². The van der Waals surface area contributed by atoms with Gasteiger partial charge in [0.2, 0.25) is 5.91 Å². The molecule has 2 amide bonds. The number of amides is 2. The summed E-state index contributed by atoms with van der Waals surface area (Å²) < 4.78 is 13.4. The molecule has 1 unspecified atom stereocenters. The summed E-state index contributed by atoms with van der Waals surface area (Å²) in [7, 11) is 4.08. The summed E-state index contributed by atoms with van der Waals surface area (Å²) in [6, 6.07) is 8.56. The van der Waals surface area contributed by atoms with Gasteiger partial charge in [0, 0.05) is 51.1 Å². The minimum absolute atomic E-state index is 0.143. The Morgan fingerprint density at radius 1 is 1.17 bits per heavy atom. The molecule has 3 heterocycles. The zero-order valence-electron chi connectivity index (χ0n) is 19.9. The van der Waals surface area contributed by atoms with E-state index in [9.17, 15) is 14.0 Å². The number of carbonyl (C=O) groups is 2. The fourth-order valence-corrected chi connectivity index (χ4v) is 4.34. The van der Waals surface area contributed by atoms with Gasteiger partial charge in [-0.3, -0.25) is 14.5 Å². The number of rotatable bonds is 8. The van der Waals surface area contributed by atoms with E-state index < -0.39 is 11.9 Å². The summed E-state index contributed by atoms with van der Waals surface area (Å²) in [5.41, 5.74) is 1.76. The molecule has 1 saturated heterocycles. The molecule has 0 saturated carbocycles. The number of likely N-dealkylation sites (N-methyl/N-ethyl adjacent to an activating group) is 1. The molecule has 2 aromatic heterocycles. The van der Waals surface area contributed by atoms with Gasteiger partial charge in [-0.05, 0) is 43.9 Å². The predicted octanol–water partition coefficient (Wildman–Crippen LogP) is 2.40. The van der Waals surface area contributed by atoms with E-state index in [0.717, 1.165) is 37.1 Å². The lowest BCUT2D eigenvalue weighted by molar-refractivity contribution is -0.135. The molecule has 0 radical (unpaired) electrons. The second-order valence-electron chi connectivity index (χ2n) is 9.10. The monoisotopic (exact) mass is 500 g/mol. The minimum Gasteiger partial charge on any atom is -0.349 e. The van der Waals surface area contributed by atoms with Gasteiger partial charge in [0.1, 0.15) is 22.7 Å². The van der Waals surface area contributed by atoms with Gasteiger partial charge >= 0.3 is 0 Å². The van der Waals surface area contributed by atoms with Crippen LogP contribution in [0.3, 0.4) is 0 Å². The second kappa shape index (κ2) is 11.2. The van der Waals surface area contributed by atoms with E-state index in [4.69, 9.17) is 11.6 Å². The molecule has 0 bridgehead atoms. The molecule has 10 heteroatoms. The standard InChI is InChI=1S/C25H30ClFN6O2/c1-31(2)7-8-32-9-11-33(12-10-32)25(35)21(13-17-3-5-19(27)6-4-17)30-24(34)20-14-18-15-23(26)28-16-22(18)29-20/h3-6,14-16,21,29H,7-13H2,1-2H3,(H,30,34). The maximum absolute atomic E-state index is 13.5. The van der Waals surface area contributed by atoms with Gasteiger partial charge in [-0.1, -0.05) is 23.7 Å². The summed E-state index contributed by atoms with van der Waals surface area (Å²) in [6.45, 7) is 4.67. The molecule has 0 spiro atoms. The number of hydrogen-bond acceptors (Lipinski definition) is 5. The Labute approximate surface area is 209 Å². The summed E-state index contributed by atoms with van der Waals surface area (Å²) in [6.07, 6.45) is 1.82. The molecule has 1 fully saturated rings. The average Bonchev–Trinajstić information content (AvgIpc) is 3.27. The number of halogens is 2. The third-order valence-electron chi connectivity index (χ3n) is 6.22. The van der Waals surface area contributed by atoms with Gasteiger partial charge in [0.05, 0.1) is 11.7 Å². The van der Waals surface area contributed by atoms with Crippen LogP contribution in [0.5, 0.6) is 0 Å². The van der Waals surface area contributed by atoms with Crippen LogP contribution in [-0.4, -0.2) is 95.9 Å². The lowest BCUT2D eigenvalue weighted by Gasteiger charge is -2.37. The maximum atomic E-state index is 13.5. The summed E-state index contributed by atoms with van der Waals surface area (Å²) >= 11 is 5.96. The fraction of sp³-hybridized carbons (Fsp3) is 0.400. The van der Waals surface area contributed by atoms with Crippen molar-refractivity contribution >= 4 is 34.3 Å². The molecular formula is C25H30ClFN6O2. The van der Waals surface area contributed by atoms with Crippen LogP contribution in [0, 0.1) is 5.82 Å². The topological polar surface area (TPSA) is 84.6 Å². The molecule has 2 N–H and O–H groups in total. The number of benzene rings is 1. The molecule has 3 aromatic rings. The van der Waals surface area contributed by atoms with Crippen molar-refractivity contribution in [3.8, 4) is 0 Å². The van der Waals surface area contributed by atoms with E-state index in [1.165, 1.54) is 12.1 Å². The molecule has 186 valence electrons. The highest BCUT2D eigenvalue weighted by Crippen LogP contribution is 2.18. The predicted molar refractivity (Wildman–Crippen MR) is 134 cm³/mol. The van der Waals surface area contributed by atoms with Gasteiger partial charge in [0.15, 0.2) is 0 Å². The fourth-order valence-electron chi connectivity index (χ4n) is 4.17. The van der Waals surface area contributed by atoms with Crippen molar-refractivity contribution in [1.29, 1.82) is 0 Å². The van der Waals surface area contributed by atoms with Gasteiger partial charge in [-0.25, -0.2) is 9.37 Å². The number of aromatic nitrogens is 2. The van der Waals surface area contributed by atoms with Crippen LogP contribution in [0.25, 0.3) is 10.9 Å². The van der Waals surface area contributed by atoms with Crippen molar-refractivity contribution in [3.05, 3.63) is 64.8 Å². The van der Waals surface area contributed by atoms with Crippen molar-refractivity contribution in [2.24, 2.45) is 0 Å². The first-order valence-corrected chi connectivity index (χ1v) is 12.0. The summed E-state index contributed by atoms with van der Waals surface area (Å²) in [4.78, 5) is 39.9. The average molecular weight is 501 g/mol. The van der Waals surface area contributed by atoms with Crippen molar-refractivity contribution in [3.63, 3.8) is 0 Å². The van der Waals surface area contributed by atoms with E-state index in [0.29, 0.717) is 29.5 Å². The van der Waals surface area contributed by atoms with Crippen LogP contribution in [-0.2, 0) is 11.2 Å². The van der Waals surface area contributed by atoms with Crippen LogP contribution < -0.4 is 5.32 Å². The molecular weight excluding hydrogens is 471 g/mol. The lowest BCUT2D eigenvalue weighted by Crippen LogP contribution is -2.56. The van der Waals surface area contributed by atoms with Crippen LogP contribution in [0.2, 0.25) is 5.15 Å². The highest BCUT2D eigenvalue weighted by atomic mass is 35.5. The van der Waals surface area contributed by atoms with E-state index in [2.05, 4.69) is 25.1 Å². The SMILES string of the molecule is CN(C)CCN1CCN(C(=O)C(Cc2ccc(F)cc2)NC(=O)c2cc3cc(Cl)ncc3[nH]2)CC1. The lowest BCUT2D eigenvalue weighted by atomic mass is 10.0. The number of aromatic amines is 1. The highest BCUT2D eigenvalue weighted by Gasteiger charge is 2.29. The number of H-pyrrole nitrogens is 1. The van der Waals surface area contributed by atoms with E-state index in [1.807, 2.05) is 14.1 Å². The first-order chi connectivity index (χ1) is 16.8.